The number of rotatable bonds is 7. The van der Waals surface area contributed by atoms with Crippen molar-refractivity contribution < 1.29 is 19.1 Å². The lowest BCUT2D eigenvalue weighted by molar-refractivity contribution is -0.155. The number of carbonyl (C=O) groups excluding carboxylic acids is 2. The van der Waals surface area contributed by atoms with E-state index in [4.69, 9.17) is 21.1 Å². The molecule has 0 saturated carbocycles. The predicted octanol–water partition coefficient (Wildman–Crippen LogP) is 4.41. The summed E-state index contributed by atoms with van der Waals surface area (Å²) in [5, 5.41) is 5.50. The van der Waals surface area contributed by atoms with Crippen molar-refractivity contribution >= 4 is 39.9 Å². The van der Waals surface area contributed by atoms with Crippen molar-refractivity contribution in [1.29, 1.82) is 0 Å². The Kier molecular flexibility index (Phi) is 6.62. The van der Waals surface area contributed by atoms with Crippen molar-refractivity contribution in [2.45, 2.75) is 13.0 Å². The van der Waals surface area contributed by atoms with Crippen LogP contribution in [0.3, 0.4) is 0 Å². The van der Waals surface area contributed by atoms with E-state index in [1.165, 1.54) is 18.3 Å². The number of hydrogen-bond acceptors (Lipinski definition) is 6. The number of nitrogens with one attached hydrogen (secondary N) is 1. The predicted molar refractivity (Wildman–Crippen MR) is 109 cm³/mol. The summed E-state index contributed by atoms with van der Waals surface area (Å²) in [4.78, 5) is 28.5. The Hall–Kier alpha value is -2.90. The molecule has 3 aromatic rings. The van der Waals surface area contributed by atoms with E-state index in [9.17, 15) is 9.59 Å². The number of thiazole rings is 1. The number of nitrogens with zero attached hydrogens (tertiary/aromatic N) is 1. The highest BCUT2D eigenvalue weighted by Gasteiger charge is 2.19. The lowest BCUT2D eigenvalue weighted by Crippen LogP contribution is -2.31. The topological polar surface area (TPSA) is 77.5 Å². The van der Waals surface area contributed by atoms with E-state index in [0.29, 0.717) is 15.9 Å². The molecule has 6 nitrogen and oxygen atoms in total. The molecule has 28 heavy (non-hydrogen) atoms. The molecular weight excluding hydrogens is 400 g/mol. The Labute approximate surface area is 171 Å². The SMILES string of the molecule is CC(OC(=O)COc1ccc(Cl)cc1)C(=O)Nc1nc(-c2ccccc2)cs1. The van der Waals surface area contributed by atoms with Gasteiger partial charge in [-0.2, -0.15) is 0 Å². The number of amides is 1. The molecule has 0 bridgehead atoms. The van der Waals surface area contributed by atoms with Crippen LogP contribution < -0.4 is 10.1 Å². The maximum atomic E-state index is 12.2. The van der Waals surface area contributed by atoms with E-state index < -0.39 is 18.0 Å². The second-order valence-electron chi connectivity index (χ2n) is 5.77. The summed E-state index contributed by atoms with van der Waals surface area (Å²) in [7, 11) is 0. The van der Waals surface area contributed by atoms with Gasteiger partial charge in [0.15, 0.2) is 17.8 Å². The number of benzene rings is 2. The smallest absolute Gasteiger partial charge is 0.344 e. The number of ether oxygens (including phenoxy) is 2. The van der Waals surface area contributed by atoms with Gasteiger partial charge in [-0.05, 0) is 31.2 Å². The van der Waals surface area contributed by atoms with Crippen molar-refractivity contribution in [1.82, 2.24) is 4.98 Å². The molecule has 0 radical (unpaired) electrons. The monoisotopic (exact) mass is 416 g/mol. The van der Waals surface area contributed by atoms with Crippen molar-refractivity contribution in [3.05, 3.63) is 65.0 Å². The van der Waals surface area contributed by atoms with Gasteiger partial charge >= 0.3 is 5.97 Å². The number of aromatic nitrogens is 1. The van der Waals surface area contributed by atoms with Gasteiger partial charge in [0.05, 0.1) is 5.69 Å². The van der Waals surface area contributed by atoms with E-state index in [-0.39, 0.29) is 6.61 Å². The molecule has 144 valence electrons. The van der Waals surface area contributed by atoms with Crippen LogP contribution in [0.25, 0.3) is 11.3 Å². The lowest BCUT2D eigenvalue weighted by Gasteiger charge is -2.12. The van der Waals surface area contributed by atoms with Gasteiger partial charge in [-0.15, -0.1) is 11.3 Å². The molecule has 2 aromatic carbocycles. The van der Waals surface area contributed by atoms with Gasteiger partial charge in [0, 0.05) is 16.0 Å². The van der Waals surface area contributed by atoms with Crippen LogP contribution in [0, 0.1) is 0 Å². The summed E-state index contributed by atoms with van der Waals surface area (Å²) < 4.78 is 10.4. The largest absolute Gasteiger partial charge is 0.482 e. The lowest BCUT2D eigenvalue weighted by atomic mass is 10.2. The summed E-state index contributed by atoms with van der Waals surface area (Å²) in [6, 6.07) is 16.2. The average Bonchev–Trinajstić information content (AvgIpc) is 3.16. The molecule has 0 aliphatic carbocycles. The van der Waals surface area contributed by atoms with Gasteiger partial charge in [-0.25, -0.2) is 9.78 Å². The van der Waals surface area contributed by atoms with Gasteiger partial charge in [0.1, 0.15) is 5.75 Å². The maximum Gasteiger partial charge on any atom is 0.344 e. The van der Waals surface area contributed by atoms with Crippen LogP contribution in [-0.4, -0.2) is 29.6 Å². The molecule has 0 saturated heterocycles. The maximum absolute atomic E-state index is 12.2. The summed E-state index contributed by atoms with van der Waals surface area (Å²) >= 11 is 7.08. The summed E-state index contributed by atoms with van der Waals surface area (Å²) in [5.41, 5.74) is 1.72. The average molecular weight is 417 g/mol. The second-order valence-corrected chi connectivity index (χ2v) is 7.06. The Morgan fingerprint density at radius 1 is 1.14 bits per heavy atom. The van der Waals surface area contributed by atoms with Crippen LogP contribution in [0.2, 0.25) is 5.02 Å². The van der Waals surface area contributed by atoms with Crippen LogP contribution in [-0.2, 0) is 14.3 Å². The van der Waals surface area contributed by atoms with E-state index in [1.54, 1.807) is 24.3 Å². The zero-order chi connectivity index (χ0) is 19.9. The van der Waals surface area contributed by atoms with Gasteiger partial charge in [0.25, 0.3) is 5.91 Å². The van der Waals surface area contributed by atoms with Gasteiger partial charge in [-0.1, -0.05) is 41.9 Å². The highest BCUT2D eigenvalue weighted by molar-refractivity contribution is 7.14. The Morgan fingerprint density at radius 3 is 2.57 bits per heavy atom. The van der Waals surface area contributed by atoms with Crippen molar-refractivity contribution in [3.8, 4) is 17.0 Å². The van der Waals surface area contributed by atoms with Gasteiger partial charge in [-0.3, -0.25) is 10.1 Å². The molecule has 8 heteroatoms. The molecular formula is C20H17ClN2O4S. The van der Waals surface area contributed by atoms with E-state index in [2.05, 4.69) is 10.3 Å². The van der Waals surface area contributed by atoms with Crippen LogP contribution in [0.1, 0.15) is 6.92 Å². The van der Waals surface area contributed by atoms with Crippen LogP contribution in [0.15, 0.2) is 60.0 Å². The molecule has 1 amide bonds. The molecule has 0 spiro atoms. The first-order chi connectivity index (χ1) is 13.5. The fourth-order valence-electron chi connectivity index (χ4n) is 2.24. The third-order valence-corrected chi connectivity index (χ3v) is 4.66. The fraction of sp³-hybridized carbons (Fsp3) is 0.150. The van der Waals surface area contributed by atoms with E-state index in [0.717, 1.165) is 11.3 Å². The molecule has 1 heterocycles. The molecule has 0 aliphatic heterocycles. The zero-order valence-corrected chi connectivity index (χ0v) is 16.5. The minimum Gasteiger partial charge on any atom is -0.482 e. The number of halogens is 1. The van der Waals surface area contributed by atoms with Crippen LogP contribution >= 0.6 is 22.9 Å². The third-order valence-electron chi connectivity index (χ3n) is 3.65. The van der Waals surface area contributed by atoms with Crippen LogP contribution in [0.4, 0.5) is 5.13 Å². The normalized spacial score (nSPS) is 11.5. The molecule has 0 aliphatic rings. The first-order valence-corrected chi connectivity index (χ1v) is 9.66. The van der Waals surface area contributed by atoms with Crippen molar-refractivity contribution in [2.24, 2.45) is 0 Å². The summed E-state index contributed by atoms with van der Waals surface area (Å²) in [6.45, 7) is 1.18. The third kappa shape index (κ3) is 5.55. The highest BCUT2D eigenvalue weighted by Crippen LogP contribution is 2.24. The van der Waals surface area contributed by atoms with Crippen LogP contribution in [0.5, 0.6) is 5.75 Å². The van der Waals surface area contributed by atoms with E-state index in [1.807, 2.05) is 35.7 Å². The first-order valence-electron chi connectivity index (χ1n) is 8.41. The zero-order valence-electron chi connectivity index (χ0n) is 14.9. The van der Waals surface area contributed by atoms with Gasteiger partial charge < -0.3 is 9.47 Å². The molecule has 1 atom stereocenters. The highest BCUT2D eigenvalue weighted by atomic mass is 35.5. The quantitative estimate of drug-likeness (QED) is 0.577. The molecule has 1 N–H and O–H groups in total. The molecule has 0 fully saturated rings. The molecule has 1 aromatic heterocycles. The number of hydrogen-bond donors (Lipinski definition) is 1. The fourth-order valence-corrected chi connectivity index (χ4v) is 3.09. The van der Waals surface area contributed by atoms with Crippen molar-refractivity contribution in [2.75, 3.05) is 11.9 Å². The second kappa shape index (κ2) is 9.34. The van der Waals surface area contributed by atoms with Crippen molar-refractivity contribution in [3.63, 3.8) is 0 Å². The molecule has 1 unspecified atom stereocenters. The standard InChI is InChI=1S/C20H17ClN2O4S/c1-13(27-18(24)11-26-16-9-7-15(21)8-10-16)19(25)23-20-22-17(12-28-20)14-5-3-2-4-6-14/h2-10,12-13H,11H2,1H3,(H,22,23,25). The Morgan fingerprint density at radius 2 is 1.86 bits per heavy atom. The number of anilines is 1. The summed E-state index contributed by atoms with van der Waals surface area (Å²) in [6.07, 6.45) is -0.981. The number of carbonyl (C=O) groups is 2. The summed E-state index contributed by atoms with van der Waals surface area (Å²) in [5.74, 6) is -0.634. The minimum absolute atomic E-state index is 0.311. The van der Waals surface area contributed by atoms with E-state index >= 15 is 0 Å². The van der Waals surface area contributed by atoms with Gasteiger partial charge in [0.2, 0.25) is 0 Å². The number of esters is 1. The molecule has 3 rings (SSSR count). The minimum atomic E-state index is -0.981. The Bertz CT molecular complexity index is 944. The first kappa shape index (κ1) is 19.9. The Balaban J connectivity index is 1.48.